The van der Waals surface area contributed by atoms with Crippen LogP contribution in [0.3, 0.4) is 0 Å². The molecule has 0 aliphatic carbocycles. The summed E-state index contributed by atoms with van der Waals surface area (Å²) in [6.45, 7) is 4.87. The highest BCUT2D eigenvalue weighted by atomic mass is 32.1. The molecule has 2 heterocycles. The Bertz CT molecular complexity index is 539. The third-order valence-corrected chi connectivity index (χ3v) is 2.92. The number of imidazole rings is 1. The van der Waals surface area contributed by atoms with Gasteiger partial charge in [-0.25, -0.2) is 0 Å². The van der Waals surface area contributed by atoms with E-state index in [1.54, 1.807) is 0 Å². The molecular weight excluding hydrogens is 218 g/mol. The topological polar surface area (TPSA) is 33.6 Å². The molecule has 2 aromatic heterocycles. The Morgan fingerprint density at radius 3 is 2.94 bits per heavy atom. The quantitative estimate of drug-likeness (QED) is 0.827. The third-order valence-electron chi connectivity index (χ3n) is 2.58. The van der Waals surface area contributed by atoms with Gasteiger partial charge in [-0.05, 0) is 37.7 Å². The molecule has 1 N–H and O–H groups in total. The molecule has 0 unspecified atom stereocenters. The number of nitrogens with one attached hydrogen (secondary N) is 1. The number of hydrogen-bond donors (Lipinski definition) is 1. The summed E-state index contributed by atoms with van der Waals surface area (Å²) < 4.78 is 2.86. The second-order valence-corrected chi connectivity index (χ2v) is 4.18. The number of hydrogen-bond acceptors (Lipinski definition) is 2. The Kier molecular flexibility index (Phi) is 3.19. The van der Waals surface area contributed by atoms with Crippen LogP contribution in [0.4, 0.5) is 0 Å². The fourth-order valence-electron chi connectivity index (χ4n) is 1.75. The molecule has 0 saturated heterocycles. The molecule has 0 spiro atoms. The van der Waals surface area contributed by atoms with Crippen molar-refractivity contribution in [1.29, 1.82) is 0 Å². The summed E-state index contributed by atoms with van der Waals surface area (Å²) in [4.78, 5) is 7.56. The Hall–Kier alpha value is -1.42. The number of aryl methyl sites for hydroxylation is 2. The van der Waals surface area contributed by atoms with Gasteiger partial charge in [-0.3, -0.25) is 4.98 Å². The van der Waals surface area contributed by atoms with Crippen molar-refractivity contribution in [2.24, 2.45) is 0 Å². The molecule has 0 fully saturated rings. The number of rotatable bonds is 3. The second-order valence-electron chi connectivity index (χ2n) is 3.80. The highest BCUT2D eigenvalue weighted by molar-refractivity contribution is 7.71. The number of aromatic amines is 1. The number of nitrogens with zero attached hydrogens (tertiary/aromatic N) is 2. The molecule has 0 aliphatic rings. The van der Waals surface area contributed by atoms with Crippen LogP contribution in [-0.4, -0.2) is 14.5 Å². The minimum absolute atomic E-state index is 0.743. The van der Waals surface area contributed by atoms with Crippen molar-refractivity contribution in [2.75, 3.05) is 0 Å². The first kappa shape index (κ1) is 11.1. The molecule has 4 heteroatoms. The van der Waals surface area contributed by atoms with E-state index in [-0.39, 0.29) is 0 Å². The van der Waals surface area contributed by atoms with E-state index in [4.69, 9.17) is 12.2 Å². The number of pyridine rings is 1. The predicted octanol–water partition coefficient (Wildman–Crippen LogP) is 2.86. The van der Waals surface area contributed by atoms with Crippen LogP contribution in [0.15, 0.2) is 24.4 Å². The molecule has 0 atom stereocenters. The Morgan fingerprint density at radius 2 is 2.25 bits per heavy atom. The monoisotopic (exact) mass is 233 g/mol. The van der Waals surface area contributed by atoms with Gasteiger partial charge >= 0.3 is 0 Å². The van der Waals surface area contributed by atoms with Gasteiger partial charge in [0.2, 0.25) is 0 Å². The van der Waals surface area contributed by atoms with Crippen molar-refractivity contribution in [3.05, 3.63) is 46.2 Å². The highest BCUT2D eigenvalue weighted by Crippen LogP contribution is 2.07. The smallest absolute Gasteiger partial charge is 0.177 e. The van der Waals surface area contributed by atoms with Gasteiger partial charge in [-0.2, -0.15) is 0 Å². The van der Waals surface area contributed by atoms with Crippen LogP contribution in [-0.2, 0) is 13.0 Å². The van der Waals surface area contributed by atoms with Crippen molar-refractivity contribution in [3.63, 3.8) is 0 Å². The van der Waals surface area contributed by atoms with Crippen LogP contribution >= 0.6 is 12.2 Å². The van der Waals surface area contributed by atoms with Gasteiger partial charge in [0.15, 0.2) is 4.77 Å². The molecule has 16 heavy (non-hydrogen) atoms. The first-order valence-electron chi connectivity index (χ1n) is 5.40. The van der Waals surface area contributed by atoms with E-state index in [1.165, 1.54) is 5.69 Å². The van der Waals surface area contributed by atoms with Gasteiger partial charge < -0.3 is 9.55 Å². The number of aromatic nitrogens is 3. The molecule has 0 aliphatic heterocycles. The molecule has 84 valence electrons. The Balaban J connectivity index is 2.33. The number of H-pyrrole nitrogens is 1. The molecular formula is C12H15N3S. The second kappa shape index (κ2) is 4.61. The van der Waals surface area contributed by atoms with Crippen molar-refractivity contribution in [3.8, 4) is 0 Å². The average Bonchev–Trinajstić information content (AvgIpc) is 2.60. The van der Waals surface area contributed by atoms with Gasteiger partial charge in [0.05, 0.1) is 12.2 Å². The van der Waals surface area contributed by atoms with E-state index in [1.807, 2.05) is 31.3 Å². The minimum atomic E-state index is 0.743. The van der Waals surface area contributed by atoms with Gasteiger partial charge in [0.25, 0.3) is 0 Å². The maximum absolute atomic E-state index is 5.25. The first-order chi connectivity index (χ1) is 7.70. The van der Waals surface area contributed by atoms with Crippen molar-refractivity contribution in [1.82, 2.24) is 14.5 Å². The fraction of sp³-hybridized carbons (Fsp3) is 0.333. The molecule has 2 aromatic rings. The van der Waals surface area contributed by atoms with E-state index >= 15 is 0 Å². The van der Waals surface area contributed by atoms with E-state index in [2.05, 4.69) is 21.5 Å². The summed E-state index contributed by atoms with van der Waals surface area (Å²) in [6, 6.07) is 6.06. The van der Waals surface area contributed by atoms with Crippen LogP contribution in [0, 0.1) is 11.7 Å². The van der Waals surface area contributed by atoms with Crippen LogP contribution in [0.5, 0.6) is 0 Å². The molecule has 0 amide bonds. The summed E-state index contributed by atoms with van der Waals surface area (Å²) in [5.41, 5.74) is 3.30. The summed E-state index contributed by atoms with van der Waals surface area (Å²) in [6.07, 6.45) is 2.94. The zero-order valence-electron chi connectivity index (χ0n) is 9.53. The third kappa shape index (κ3) is 2.22. The zero-order chi connectivity index (χ0) is 11.5. The molecule has 3 nitrogen and oxygen atoms in total. The van der Waals surface area contributed by atoms with Crippen LogP contribution in [0.1, 0.15) is 24.0 Å². The largest absolute Gasteiger partial charge is 0.337 e. The van der Waals surface area contributed by atoms with E-state index < -0.39 is 0 Å². The van der Waals surface area contributed by atoms with Crippen LogP contribution in [0.25, 0.3) is 0 Å². The molecule has 0 radical (unpaired) electrons. The maximum atomic E-state index is 5.25. The van der Waals surface area contributed by atoms with Gasteiger partial charge in [0, 0.05) is 17.6 Å². The van der Waals surface area contributed by atoms with E-state index in [0.717, 1.165) is 29.1 Å². The lowest BCUT2D eigenvalue weighted by Gasteiger charge is -2.06. The van der Waals surface area contributed by atoms with Crippen LogP contribution < -0.4 is 0 Å². The van der Waals surface area contributed by atoms with Gasteiger partial charge in [-0.15, -0.1) is 0 Å². The van der Waals surface area contributed by atoms with Crippen molar-refractivity contribution in [2.45, 2.75) is 26.8 Å². The van der Waals surface area contributed by atoms with Gasteiger partial charge in [0.1, 0.15) is 0 Å². The first-order valence-corrected chi connectivity index (χ1v) is 5.81. The maximum Gasteiger partial charge on any atom is 0.177 e. The van der Waals surface area contributed by atoms with Crippen molar-refractivity contribution < 1.29 is 0 Å². The summed E-state index contributed by atoms with van der Waals surface area (Å²) >= 11 is 5.25. The van der Waals surface area contributed by atoms with E-state index in [0.29, 0.717) is 0 Å². The molecule has 2 rings (SSSR count). The van der Waals surface area contributed by atoms with Gasteiger partial charge in [-0.1, -0.05) is 13.0 Å². The molecule has 0 saturated carbocycles. The normalized spacial score (nSPS) is 10.6. The lowest BCUT2D eigenvalue weighted by atomic mass is 10.3. The summed E-state index contributed by atoms with van der Waals surface area (Å²) in [7, 11) is 0. The molecule has 0 bridgehead atoms. The van der Waals surface area contributed by atoms with E-state index in [9.17, 15) is 0 Å². The average molecular weight is 233 g/mol. The summed E-state index contributed by atoms with van der Waals surface area (Å²) in [5.74, 6) is 0. The Labute approximate surface area is 100 Å². The SMILES string of the molecule is CCc1c[nH]c(=S)n1Cc1cccc(C)n1. The summed E-state index contributed by atoms with van der Waals surface area (Å²) in [5, 5.41) is 0. The minimum Gasteiger partial charge on any atom is -0.337 e. The van der Waals surface area contributed by atoms with Crippen LogP contribution in [0.2, 0.25) is 0 Å². The predicted molar refractivity (Wildman–Crippen MR) is 67.1 cm³/mol. The fourth-order valence-corrected chi connectivity index (χ4v) is 1.99. The van der Waals surface area contributed by atoms with Crippen molar-refractivity contribution >= 4 is 12.2 Å². The highest BCUT2D eigenvalue weighted by Gasteiger charge is 2.03. The molecule has 0 aromatic carbocycles. The zero-order valence-corrected chi connectivity index (χ0v) is 10.3. The lowest BCUT2D eigenvalue weighted by molar-refractivity contribution is 0.717. The lowest BCUT2D eigenvalue weighted by Crippen LogP contribution is -2.05. The standard InChI is InChI=1S/C12H15N3S/c1-3-11-7-13-12(16)15(11)8-10-6-4-5-9(2)14-10/h4-7H,3,8H2,1-2H3,(H,13,16). The Morgan fingerprint density at radius 1 is 1.44 bits per heavy atom.